The minimum absolute atomic E-state index is 0.0556. The van der Waals surface area contributed by atoms with Crippen LogP contribution in [0.25, 0.3) is 0 Å². The van der Waals surface area contributed by atoms with Crippen LogP contribution < -0.4 is 4.90 Å². The third-order valence-corrected chi connectivity index (χ3v) is 2.86. The smallest absolute Gasteiger partial charge is 0.220 e. The van der Waals surface area contributed by atoms with Crippen LogP contribution >= 0.6 is 0 Å². The number of hydrogen-bond acceptors (Lipinski definition) is 1. The molecule has 1 aromatic carbocycles. The van der Waals surface area contributed by atoms with E-state index in [4.69, 9.17) is 0 Å². The summed E-state index contributed by atoms with van der Waals surface area (Å²) in [6.45, 7) is 5.81. The van der Waals surface area contributed by atoms with Crippen LogP contribution in [0.3, 0.4) is 0 Å². The zero-order valence-corrected chi connectivity index (χ0v) is 10.2. The number of ketones is 1. The van der Waals surface area contributed by atoms with Crippen molar-refractivity contribution in [1.29, 1.82) is 0 Å². The molecule has 2 unspecified atom stereocenters. The Balaban J connectivity index is 2.96. The molecule has 0 saturated heterocycles. The van der Waals surface area contributed by atoms with Gasteiger partial charge >= 0.3 is 0 Å². The number of carbonyl (C=O) groups excluding carboxylic acids is 1. The van der Waals surface area contributed by atoms with E-state index >= 15 is 0 Å². The summed E-state index contributed by atoms with van der Waals surface area (Å²) in [6, 6.07) is 9.40. The molecule has 0 aromatic heterocycles. The molecule has 0 heterocycles. The molecule has 86 valence electrons. The molecule has 1 N–H and O–H groups in total. The van der Waals surface area contributed by atoms with E-state index in [1.807, 2.05) is 57.4 Å². The van der Waals surface area contributed by atoms with Gasteiger partial charge in [0.25, 0.3) is 0 Å². The largest absolute Gasteiger partial charge is 0.330 e. The number of likely N-dealkylation sites (N-methyl/N-ethyl adjacent to an activating group) is 1. The summed E-state index contributed by atoms with van der Waals surface area (Å²) >= 11 is 0. The maximum Gasteiger partial charge on any atom is 0.220 e. The molecule has 0 fully saturated rings. The van der Waals surface area contributed by atoms with Crippen LogP contribution in [-0.4, -0.2) is 25.9 Å². The lowest BCUT2D eigenvalue weighted by Crippen LogP contribution is -3.12. The van der Waals surface area contributed by atoms with E-state index in [9.17, 15) is 4.79 Å². The highest BCUT2D eigenvalue weighted by molar-refractivity contribution is 5.99. The van der Waals surface area contributed by atoms with Crippen LogP contribution in [0.4, 0.5) is 0 Å². The molecule has 0 aliphatic carbocycles. The van der Waals surface area contributed by atoms with Crippen molar-refractivity contribution in [2.45, 2.75) is 13.0 Å². The molecule has 0 saturated carbocycles. The topological polar surface area (TPSA) is 21.5 Å². The molecule has 2 atom stereocenters. The summed E-state index contributed by atoms with van der Waals surface area (Å²) in [4.78, 5) is 13.5. The van der Waals surface area contributed by atoms with Gasteiger partial charge in [0.05, 0.1) is 14.1 Å². The lowest BCUT2D eigenvalue weighted by Gasteiger charge is -2.23. The Labute approximate surface area is 97.6 Å². The van der Waals surface area contributed by atoms with Crippen LogP contribution in [0.2, 0.25) is 0 Å². The first kappa shape index (κ1) is 12.7. The Kier molecular flexibility index (Phi) is 4.44. The van der Waals surface area contributed by atoms with Gasteiger partial charge in [0.15, 0.2) is 6.04 Å². The summed E-state index contributed by atoms with van der Waals surface area (Å²) < 4.78 is 0. The minimum Gasteiger partial charge on any atom is -0.330 e. The second-order valence-electron chi connectivity index (χ2n) is 4.38. The van der Waals surface area contributed by atoms with Gasteiger partial charge in [-0.1, -0.05) is 43.3 Å². The van der Waals surface area contributed by atoms with Gasteiger partial charge in [0.2, 0.25) is 5.78 Å². The molecule has 2 heteroatoms. The number of quaternary nitrogens is 1. The molecule has 1 aromatic rings. The average Bonchev–Trinajstić information content (AvgIpc) is 2.29. The Morgan fingerprint density at radius 2 is 1.88 bits per heavy atom. The maximum absolute atomic E-state index is 12.3. The molecule has 0 aliphatic rings. The molecule has 2 nitrogen and oxygen atoms in total. The van der Waals surface area contributed by atoms with Crippen molar-refractivity contribution < 1.29 is 9.69 Å². The molecule has 1 rings (SSSR count). The fourth-order valence-electron chi connectivity index (χ4n) is 1.94. The van der Waals surface area contributed by atoms with Gasteiger partial charge in [-0.15, -0.1) is 6.58 Å². The van der Waals surface area contributed by atoms with E-state index in [1.165, 1.54) is 0 Å². The number of rotatable bonds is 5. The van der Waals surface area contributed by atoms with Crippen LogP contribution in [-0.2, 0) is 0 Å². The van der Waals surface area contributed by atoms with E-state index < -0.39 is 0 Å². The number of benzene rings is 1. The van der Waals surface area contributed by atoms with Crippen LogP contribution in [0.5, 0.6) is 0 Å². The Morgan fingerprint density at radius 3 is 2.31 bits per heavy atom. The van der Waals surface area contributed by atoms with E-state index in [2.05, 4.69) is 6.58 Å². The predicted molar refractivity (Wildman–Crippen MR) is 66.7 cm³/mol. The first-order valence-electron chi connectivity index (χ1n) is 5.59. The second kappa shape index (κ2) is 5.61. The van der Waals surface area contributed by atoms with Crippen molar-refractivity contribution >= 4 is 5.78 Å². The molecule has 0 amide bonds. The summed E-state index contributed by atoms with van der Waals surface area (Å²) in [5.41, 5.74) is 0.780. The van der Waals surface area contributed by atoms with Crippen LogP contribution in [0.15, 0.2) is 43.0 Å². The Morgan fingerprint density at radius 1 is 1.31 bits per heavy atom. The predicted octanol–water partition coefficient (Wildman–Crippen LogP) is 1.20. The number of nitrogens with one attached hydrogen (secondary N) is 1. The summed E-state index contributed by atoms with van der Waals surface area (Å²) in [6.07, 6.45) is 1.85. The molecule has 16 heavy (non-hydrogen) atoms. The van der Waals surface area contributed by atoms with Crippen LogP contribution in [0, 0.1) is 5.92 Å². The highest BCUT2D eigenvalue weighted by Crippen LogP contribution is 2.09. The Bertz CT molecular complexity index is 356. The number of carbonyl (C=O) groups is 1. The second-order valence-corrected chi connectivity index (χ2v) is 4.38. The molecule has 0 radical (unpaired) electrons. The molecular weight excluding hydrogens is 198 g/mol. The van der Waals surface area contributed by atoms with Crippen molar-refractivity contribution in [3.8, 4) is 0 Å². The van der Waals surface area contributed by atoms with Gasteiger partial charge < -0.3 is 4.90 Å². The Hall–Kier alpha value is -1.41. The van der Waals surface area contributed by atoms with Crippen LogP contribution in [0.1, 0.15) is 17.3 Å². The molecule has 0 bridgehead atoms. The monoisotopic (exact) mass is 218 g/mol. The first-order valence-corrected chi connectivity index (χ1v) is 5.59. The average molecular weight is 218 g/mol. The first-order chi connectivity index (χ1) is 7.57. The van der Waals surface area contributed by atoms with E-state index in [1.54, 1.807) is 0 Å². The fraction of sp³-hybridized carbons (Fsp3) is 0.357. The van der Waals surface area contributed by atoms with Gasteiger partial charge in [-0.2, -0.15) is 0 Å². The zero-order valence-electron chi connectivity index (χ0n) is 10.2. The highest BCUT2D eigenvalue weighted by Gasteiger charge is 2.29. The van der Waals surface area contributed by atoms with Gasteiger partial charge in [-0.05, 0) is 0 Å². The van der Waals surface area contributed by atoms with Gasteiger partial charge in [-0.3, -0.25) is 4.79 Å². The third kappa shape index (κ3) is 2.80. The summed E-state index contributed by atoms with van der Waals surface area (Å²) in [5.74, 6) is 0.366. The van der Waals surface area contributed by atoms with Crippen molar-refractivity contribution in [3.63, 3.8) is 0 Å². The SMILES string of the molecule is C=CC(C)C(C(=O)c1ccccc1)[NH+](C)C. The van der Waals surface area contributed by atoms with Crippen molar-refractivity contribution in [2.75, 3.05) is 14.1 Å². The molecule has 0 spiro atoms. The normalized spacial score (nSPS) is 14.5. The van der Waals surface area contributed by atoms with E-state index in [0.29, 0.717) is 0 Å². The van der Waals surface area contributed by atoms with Gasteiger partial charge in [-0.25, -0.2) is 0 Å². The molecular formula is C14H20NO+. The number of Topliss-reactive ketones (excluding diaryl/α,β-unsaturated/α-hetero) is 1. The van der Waals surface area contributed by atoms with Crippen molar-refractivity contribution in [3.05, 3.63) is 48.6 Å². The summed E-state index contributed by atoms with van der Waals surface area (Å²) in [7, 11) is 4.01. The highest BCUT2D eigenvalue weighted by atomic mass is 16.1. The zero-order chi connectivity index (χ0) is 12.1. The minimum atomic E-state index is -0.0556. The quantitative estimate of drug-likeness (QED) is 0.582. The molecule has 0 aliphatic heterocycles. The van der Waals surface area contributed by atoms with Crippen molar-refractivity contribution in [2.24, 2.45) is 5.92 Å². The van der Waals surface area contributed by atoms with Crippen molar-refractivity contribution in [1.82, 2.24) is 0 Å². The standard InChI is InChI=1S/C14H19NO/c1-5-11(2)13(15(3)4)14(16)12-9-7-6-8-10-12/h5-11,13H,1H2,2-4H3/p+1. The summed E-state index contributed by atoms with van der Waals surface area (Å²) in [5, 5.41) is 0. The lowest BCUT2D eigenvalue weighted by atomic mass is 9.93. The van der Waals surface area contributed by atoms with Gasteiger partial charge in [0.1, 0.15) is 0 Å². The fourth-order valence-corrected chi connectivity index (χ4v) is 1.94. The number of hydrogen-bond donors (Lipinski definition) is 1. The lowest BCUT2D eigenvalue weighted by molar-refractivity contribution is -0.877. The van der Waals surface area contributed by atoms with E-state index in [-0.39, 0.29) is 17.7 Å². The third-order valence-electron chi connectivity index (χ3n) is 2.86. The van der Waals surface area contributed by atoms with E-state index in [0.717, 1.165) is 10.5 Å². The van der Waals surface area contributed by atoms with Gasteiger partial charge in [0, 0.05) is 11.5 Å². The maximum atomic E-state index is 12.3.